The van der Waals surface area contributed by atoms with Gasteiger partial charge in [-0.15, -0.1) is 0 Å². The van der Waals surface area contributed by atoms with Crippen molar-refractivity contribution in [3.63, 3.8) is 0 Å². The van der Waals surface area contributed by atoms with Crippen LogP contribution in [0.5, 0.6) is 11.5 Å². The minimum absolute atomic E-state index is 0.0989. The monoisotopic (exact) mass is 496 g/mol. The zero-order valence-electron chi connectivity index (χ0n) is 19.5. The van der Waals surface area contributed by atoms with Crippen molar-refractivity contribution in [3.8, 4) is 11.5 Å². The lowest BCUT2D eigenvalue weighted by Gasteiger charge is -2.31. The van der Waals surface area contributed by atoms with Gasteiger partial charge in [-0.3, -0.25) is 4.79 Å². The predicted molar refractivity (Wildman–Crippen MR) is 129 cm³/mol. The van der Waals surface area contributed by atoms with Gasteiger partial charge in [-0.05, 0) is 30.5 Å². The second kappa shape index (κ2) is 9.71. The number of nitrogens with zero attached hydrogens (tertiary/aromatic N) is 3. The topological polar surface area (TPSA) is 103 Å². The Kier molecular flexibility index (Phi) is 6.48. The Hall–Kier alpha value is -3.37. The lowest BCUT2D eigenvalue weighted by molar-refractivity contribution is -0.126. The Morgan fingerprint density at radius 1 is 1.06 bits per heavy atom. The Balaban J connectivity index is 1.26. The highest BCUT2D eigenvalue weighted by Gasteiger charge is 2.34. The lowest BCUT2D eigenvalue weighted by Crippen LogP contribution is -2.44. The smallest absolute Gasteiger partial charge is 0.243 e. The van der Waals surface area contributed by atoms with Crippen molar-refractivity contribution in [2.24, 2.45) is 13.0 Å². The highest BCUT2D eigenvalue weighted by atomic mass is 32.2. The fourth-order valence-electron chi connectivity index (χ4n) is 4.55. The van der Waals surface area contributed by atoms with Gasteiger partial charge in [0, 0.05) is 44.5 Å². The van der Waals surface area contributed by atoms with E-state index in [-0.39, 0.29) is 35.9 Å². The molecule has 1 fully saturated rings. The molecule has 1 amide bonds. The summed E-state index contributed by atoms with van der Waals surface area (Å²) < 4.78 is 40.8. The quantitative estimate of drug-likeness (QED) is 0.563. The van der Waals surface area contributed by atoms with Gasteiger partial charge in [0.05, 0.1) is 4.90 Å². The van der Waals surface area contributed by atoms with Crippen LogP contribution < -0.4 is 14.8 Å². The number of hydrogen-bond donors (Lipinski definition) is 1. The van der Waals surface area contributed by atoms with E-state index in [1.165, 1.54) is 10.4 Å². The van der Waals surface area contributed by atoms with E-state index < -0.39 is 10.0 Å². The molecule has 184 valence electrons. The maximum atomic E-state index is 13.2. The van der Waals surface area contributed by atoms with E-state index in [2.05, 4.69) is 10.3 Å². The molecular weight excluding hydrogens is 468 g/mol. The molecule has 5 rings (SSSR count). The number of imidazole rings is 1. The van der Waals surface area contributed by atoms with Crippen molar-refractivity contribution in [3.05, 3.63) is 72.3 Å². The van der Waals surface area contributed by atoms with Gasteiger partial charge in [0.15, 0.2) is 11.5 Å². The van der Waals surface area contributed by atoms with Gasteiger partial charge in [0.1, 0.15) is 25.1 Å². The van der Waals surface area contributed by atoms with Crippen LogP contribution in [0.2, 0.25) is 0 Å². The number of fused-ring (bicyclic) bond motifs is 1. The van der Waals surface area contributed by atoms with Crippen LogP contribution in [-0.2, 0) is 21.9 Å². The molecule has 1 saturated heterocycles. The van der Waals surface area contributed by atoms with Crippen LogP contribution in [0, 0.1) is 5.92 Å². The number of nitrogens with one attached hydrogen (secondary N) is 1. The molecule has 1 unspecified atom stereocenters. The number of benzene rings is 2. The number of hydrogen-bond acceptors (Lipinski definition) is 6. The van der Waals surface area contributed by atoms with Crippen molar-refractivity contribution in [1.29, 1.82) is 0 Å². The number of sulfonamides is 1. The van der Waals surface area contributed by atoms with Gasteiger partial charge in [0.25, 0.3) is 0 Å². The van der Waals surface area contributed by atoms with Gasteiger partial charge in [-0.25, -0.2) is 13.4 Å². The zero-order chi connectivity index (χ0) is 24.4. The molecule has 9 nitrogen and oxygen atoms in total. The Labute approximate surface area is 204 Å². The molecule has 2 aromatic carbocycles. The average Bonchev–Trinajstić information content (AvgIpc) is 3.32. The minimum atomic E-state index is -3.70. The summed E-state index contributed by atoms with van der Waals surface area (Å²) in [4.78, 5) is 17.8. The molecule has 1 atom stereocenters. The number of piperidine rings is 1. The third-order valence-corrected chi connectivity index (χ3v) is 8.41. The molecule has 0 bridgehead atoms. The van der Waals surface area contributed by atoms with Crippen LogP contribution in [0.15, 0.2) is 65.8 Å². The summed E-state index contributed by atoms with van der Waals surface area (Å²) in [5.74, 6) is 1.34. The summed E-state index contributed by atoms with van der Waals surface area (Å²) in [5.41, 5.74) is 0.939. The Bertz CT molecular complexity index is 1300. The first-order valence-corrected chi connectivity index (χ1v) is 13.1. The van der Waals surface area contributed by atoms with Crippen molar-refractivity contribution < 1.29 is 22.7 Å². The molecular formula is C25H28N4O5S. The summed E-state index contributed by atoms with van der Waals surface area (Å²) in [6.07, 6.45) is 4.44. The molecule has 2 aliphatic heterocycles. The number of amides is 1. The van der Waals surface area contributed by atoms with Gasteiger partial charge >= 0.3 is 0 Å². The molecule has 1 N–H and O–H groups in total. The van der Waals surface area contributed by atoms with E-state index in [4.69, 9.17) is 9.47 Å². The molecule has 10 heteroatoms. The molecule has 2 aliphatic rings. The summed E-state index contributed by atoms with van der Waals surface area (Å²) in [5, 5.41) is 3.15. The van der Waals surface area contributed by atoms with E-state index in [1.54, 1.807) is 18.3 Å². The Morgan fingerprint density at radius 3 is 2.46 bits per heavy atom. The third-order valence-electron chi connectivity index (χ3n) is 6.51. The number of carbonyl (C=O) groups is 1. The van der Waals surface area contributed by atoms with Crippen LogP contribution in [0.4, 0.5) is 0 Å². The molecule has 1 aromatic heterocycles. The van der Waals surface area contributed by atoms with Crippen LogP contribution in [-0.4, -0.2) is 54.5 Å². The second-order valence-electron chi connectivity index (χ2n) is 8.73. The number of carbonyl (C=O) groups excluding carboxylic acids is 1. The Morgan fingerprint density at radius 2 is 1.77 bits per heavy atom. The summed E-state index contributed by atoms with van der Waals surface area (Å²) >= 11 is 0. The maximum Gasteiger partial charge on any atom is 0.243 e. The largest absolute Gasteiger partial charge is 0.486 e. The molecule has 3 aromatic rings. The van der Waals surface area contributed by atoms with Crippen molar-refractivity contribution in [1.82, 2.24) is 19.2 Å². The maximum absolute atomic E-state index is 13.2. The van der Waals surface area contributed by atoms with E-state index in [0.717, 1.165) is 11.4 Å². The van der Waals surface area contributed by atoms with E-state index >= 15 is 0 Å². The first kappa shape index (κ1) is 23.4. The van der Waals surface area contributed by atoms with Gasteiger partial charge in [-0.1, -0.05) is 30.3 Å². The van der Waals surface area contributed by atoms with Crippen molar-refractivity contribution >= 4 is 15.9 Å². The predicted octanol–water partition coefficient (Wildman–Crippen LogP) is 2.50. The number of ether oxygens (including phenoxy) is 2. The molecule has 0 aliphatic carbocycles. The number of aryl methyl sites for hydroxylation is 1. The molecule has 0 radical (unpaired) electrons. The minimum Gasteiger partial charge on any atom is -0.486 e. The second-order valence-corrected chi connectivity index (χ2v) is 10.7. The normalized spacial score (nSPS) is 17.6. The highest BCUT2D eigenvalue weighted by molar-refractivity contribution is 7.89. The standard InChI is InChI=1S/C25H28N4O5S/c1-28-14-11-26-24(28)23(18-5-3-2-4-6-18)27-25(30)19-9-12-29(13-10-19)35(31,32)20-7-8-21-22(17-20)34-16-15-33-21/h2-8,11,14,17,19,23H,9-10,12-13,15-16H2,1H3,(H,27,30). The first-order valence-electron chi connectivity index (χ1n) is 11.7. The van der Waals surface area contributed by atoms with Crippen LogP contribution in [0.25, 0.3) is 0 Å². The summed E-state index contributed by atoms with van der Waals surface area (Å²) in [6.45, 7) is 1.37. The van der Waals surface area contributed by atoms with Crippen LogP contribution in [0.1, 0.15) is 30.3 Å². The molecule has 0 saturated carbocycles. The lowest BCUT2D eigenvalue weighted by atomic mass is 9.96. The summed E-state index contributed by atoms with van der Waals surface area (Å²) in [6, 6.07) is 14.0. The fraction of sp³-hybridized carbons (Fsp3) is 0.360. The van der Waals surface area contributed by atoms with Gasteiger partial charge < -0.3 is 19.4 Å². The third kappa shape index (κ3) is 4.76. The van der Waals surface area contributed by atoms with Gasteiger partial charge in [0.2, 0.25) is 15.9 Å². The molecule has 35 heavy (non-hydrogen) atoms. The van der Waals surface area contributed by atoms with Crippen molar-refractivity contribution in [2.45, 2.75) is 23.8 Å². The fourth-order valence-corrected chi connectivity index (χ4v) is 6.04. The zero-order valence-corrected chi connectivity index (χ0v) is 20.3. The summed E-state index contributed by atoms with van der Waals surface area (Å²) in [7, 11) is -1.80. The van der Waals surface area contributed by atoms with E-state index in [9.17, 15) is 13.2 Å². The highest BCUT2D eigenvalue weighted by Crippen LogP contribution is 2.34. The van der Waals surface area contributed by atoms with E-state index in [1.807, 2.05) is 48.1 Å². The number of aromatic nitrogens is 2. The molecule has 0 spiro atoms. The molecule has 3 heterocycles. The van der Waals surface area contributed by atoms with Crippen LogP contribution >= 0.6 is 0 Å². The number of rotatable bonds is 6. The average molecular weight is 497 g/mol. The van der Waals surface area contributed by atoms with Gasteiger partial charge in [-0.2, -0.15) is 4.31 Å². The van der Waals surface area contributed by atoms with E-state index in [0.29, 0.717) is 37.6 Å². The SMILES string of the molecule is Cn1ccnc1C(NC(=O)C1CCN(S(=O)(=O)c2ccc3c(c2)OCCO3)CC1)c1ccccc1. The first-order chi connectivity index (χ1) is 16.9. The van der Waals surface area contributed by atoms with Crippen LogP contribution in [0.3, 0.4) is 0 Å². The van der Waals surface area contributed by atoms with Crippen molar-refractivity contribution in [2.75, 3.05) is 26.3 Å².